The van der Waals surface area contributed by atoms with Crippen LogP contribution in [0.1, 0.15) is 66.0 Å². The second-order valence-electron chi connectivity index (χ2n) is 9.10. The summed E-state index contributed by atoms with van der Waals surface area (Å²) >= 11 is 1.59. The van der Waals surface area contributed by atoms with Gasteiger partial charge in [0.15, 0.2) is 0 Å². The molecule has 4 saturated carbocycles. The minimum atomic E-state index is -0.195. The zero-order chi connectivity index (χ0) is 17.5. The summed E-state index contributed by atoms with van der Waals surface area (Å²) in [7, 11) is 0. The molecule has 1 amide bonds. The molecule has 26 heavy (non-hydrogen) atoms. The monoisotopic (exact) mass is 369 g/mol. The predicted molar refractivity (Wildman–Crippen MR) is 101 cm³/mol. The van der Waals surface area contributed by atoms with Crippen LogP contribution in [0.15, 0.2) is 4.79 Å². The number of thiophene rings is 1. The van der Waals surface area contributed by atoms with Crippen LogP contribution in [0.5, 0.6) is 0 Å². The van der Waals surface area contributed by atoms with Gasteiger partial charge in [-0.25, -0.2) is 4.98 Å². The fraction of sp³-hybridized carbons (Fsp3) is 0.650. The maximum Gasteiger partial charge on any atom is 0.287 e. The molecule has 0 unspecified atom stereocenters. The summed E-state index contributed by atoms with van der Waals surface area (Å²) in [5.74, 6) is 2.32. The van der Waals surface area contributed by atoms with Crippen LogP contribution in [-0.4, -0.2) is 21.4 Å². The van der Waals surface area contributed by atoms with E-state index in [0.717, 1.165) is 66.7 Å². The molecule has 2 aromatic rings. The molecule has 0 saturated heterocycles. The van der Waals surface area contributed by atoms with E-state index in [1.165, 1.54) is 24.1 Å². The summed E-state index contributed by atoms with van der Waals surface area (Å²) in [5, 5.41) is 4.03. The predicted octanol–water partition coefficient (Wildman–Crippen LogP) is 3.17. The van der Waals surface area contributed by atoms with Crippen LogP contribution in [0.4, 0.5) is 0 Å². The number of carbonyl (C=O) groups excluding carboxylic acids is 1. The summed E-state index contributed by atoms with van der Waals surface area (Å²) in [5.41, 5.74) is 0.952. The molecule has 0 spiro atoms. The fourth-order valence-electron chi connectivity index (χ4n) is 6.67. The largest absolute Gasteiger partial charge is 0.344 e. The first-order valence-corrected chi connectivity index (χ1v) is 10.8. The van der Waals surface area contributed by atoms with Crippen LogP contribution in [0.25, 0.3) is 10.2 Å². The average Bonchev–Trinajstić information content (AvgIpc) is 3.13. The lowest BCUT2D eigenvalue weighted by molar-refractivity contribution is -0.0168. The number of aromatic amines is 1. The Labute approximate surface area is 155 Å². The van der Waals surface area contributed by atoms with Gasteiger partial charge in [-0.05, 0) is 81.1 Å². The molecule has 2 aromatic heterocycles. The molecule has 7 rings (SSSR count). The van der Waals surface area contributed by atoms with Crippen molar-refractivity contribution in [1.29, 1.82) is 0 Å². The molecule has 4 bridgehead atoms. The van der Waals surface area contributed by atoms with Crippen molar-refractivity contribution in [2.24, 2.45) is 17.8 Å². The number of aromatic nitrogens is 2. The third-order valence-electron chi connectivity index (χ3n) is 7.21. The van der Waals surface area contributed by atoms with Crippen molar-refractivity contribution in [3.05, 3.63) is 26.6 Å². The van der Waals surface area contributed by atoms with Gasteiger partial charge in [0.25, 0.3) is 11.5 Å². The quantitative estimate of drug-likeness (QED) is 0.854. The van der Waals surface area contributed by atoms with Crippen LogP contribution < -0.4 is 10.9 Å². The minimum Gasteiger partial charge on any atom is -0.344 e. The Hall–Kier alpha value is -1.69. The molecule has 0 aliphatic heterocycles. The zero-order valence-corrected chi connectivity index (χ0v) is 15.6. The summed E-state index contributed by atoms with van der Waals surface area (Å²) in [6.07, 6.45) is 10.4. The van der Waals surface area contributed by atoms with Crippen LogP contribution >= 0.6 is 11.3 Å². The van der Waals surface area contributed by atoms with Crippen LogP contribution in [-0.2, 0) is 12.8 Å². The fourth-order valence-corrected chi connectivity index (χ4v) is 7.94. The molecule has 2 N–H and O–H groups in total. The van der Waals surface area contributed by atoms with Gasteiger partial charge in [0.05, 0.1) is 5.39 Å². The van der Waals surface area contributed by atoms with Gasteiger partial charge in [-0.3, -0.25) is 9.59 Å². The highest BCUT2D eigenvalue weighted by atomic mass is 32.1. The van der Waals surface area contributed by atoms with E-state index in [4.69, 9.17) is 0 Å². The van der Waals surface area contributed by atoms with Gasteiger partial charge >= 0.3 is 0 Å². The maximum absolute atomic E-state index is 13.0. The van der Waals surface area contributed by atoms with Crippen molar-refractivity contribution in [1.82, 2.24) is 15.3 Å². The Kier molecular flexibility index (Phi) is 3.07. The van der Waals surface area contributed by atoms with E-state index >= 15 is 0 Å². The van der Waals surface area contributed by atoms with Gasteiger partial charge in [-0.15, -0.1) is 11.3 Å². The van der Waals surface area contributed by atoms with Crippen LogP contribution in [0.2, 0.25) is 0 Å². The number of aryl methyl sites for hydroxylation is 2. The van der Waals surface area contributed by atoms with Gasteiger partial charge in [-0.1, -0.05) is 0 Å². The first kappa shape index (κ1) is 15.4. The Bertz CT molecular complexity index is 954. The molecule has 136 valence electrons. The first-order valence-electron chi connectivity index (χ1n) is 9.96. The number of nitrogens with one attached hydrogen (secondary N) is 2. The van der Waals surface area contributed by atoms with Crippen molar-refractivity contribution < 1.29 is 4.79 Å². The normalized spacial score (nSPS) is 34.4. The van der Waals surface area contributed by atoms with E-state index in [9.17, 15) is 9.59 Å². The number of H-pyrrole nitrogens is 1. The lowest BCUT2D eigenvalue weighted by atomic mass is 9.53. The summed E-state index contributed by atoms with van der Waals surface area (Å²) < 4.78 is 0. The Morgan fingerprint density at radius 3 is 2.50 bits per heavy atom. The molecule has 4 fully saturated rings. The number of hydrogen-bond acceptors (Lipinski definition) is 4. The molecule has 2 heterocycles. The second kappa shape index (κ2) is 5.18. The van der Waals surface area contributed by atoms with Crippen molar-refractivity contribution >= 4 is 27.5 Å². The molecular weight excluding hydrogens is 346 g/mol. The van der Waals surface area contributed by atoms with Gasteiger partial charge in [0, 0.05) is 10.4 Å². The van der Waals surface area contributed by atoms with Crippen molar-refractivity contribution in [3.63, 3.8) is 0 Å². The maximum atomic E-state index is 13.0. The van der Waals surface area contributed by atoms with Crippen molar-refractivity contribution in [2.45, 2.75) is 63.3 Å². The van der Waals surface area contributed by atoms with Gasteiger partial charge < -0.3 is 10.3 Å². The summed E-state index contributed by atoms with van der Waals surface area (Å²) in [6, 6.07) is 0. The van der Waals surface area contributed by atoms with Crippen molar-refractivity contribution in [3.8, 4) is 0 Å². The molecule has 5 aliphatic rings. The molecular formula is C20H23N3O2S. The molecule has 5 aliphatic carbocycles. The number of nitrogens with zero attached hydrogens (tertiary/aromatic N) is 1. The number of carbonyl (C=O) groups is 1. The van der Waals surface area contributed by atoms with E-state index < -0.39 is 0 Å². The lowest BCUT2D eigenvalue weighted by Gasteiger charge is -2.56. The second-order valence-corrected chi connectivity index (χ2v) is 10.2. The molecule has 5 nitrogen and oxygen atoms in total. The molecule has 6 heteroatoms. The summed E-state index contributed by atoms with van der Waals surface area (Å²) in [4.78, 5) is 34.9. The van der Waals surface area contributed by atoms with E-state index in [1.807, 2.05) is 0 Å². The third-order valence-corrected chi connectivity index (χ3v) is 8.39. The highest BCUT2D eigenvalue weighted by Crippen LogP contribution is 2.55. The van der Waals surface area contributed by atoms with E-state index in [-0.39, 0.29) is 22.8 Å². The number of rotatable bonds is 2. The van der Waals surface area contributed by atoms with Gasteiger partial charge in [0.2, 0.25) is 5.82 Å². The lowest BCUT2D eigenvalue weighted by Crippen LogP contribution is -2.60. The van der Waals surface area contributed by atoms with Crippen LogP contribution in [0.3, 0.4) is 0 Å². The Morgan fingerprint density at radius 2 is 1.81 bits per heavy atom. The SMILES string of the molecule is O=C(NC12CC3CC(CC(C3)C1)C2)c1nc2sc3c(c2c(=O)[nH]1)CCC3. The van der Waals surface area contributed by atoms with Gasteiger partial charge in [-0.2, -0.15) is 0 Å². The molecule has 0 atom stereocenters. The summed E-state index contributed by atoms with van der Waals surface area (Å²) in [6.45, 7) is 0. The Morgan fingerprint density at radius 1 is 1.12 bits per heavy atom. The van der Waals surface area contributed by atoms with E-state index in [0.29, 0.717) is 5.39 Å². The standard InChI is InChI=1S/C20H23N3O2S/c24-17-15-13-2-1-3-14(13)26-19(15)22-16(21-17)18(25)23-20-7-10-4-11(8-20)6-12(5-10)9-20/h10-12H,1-9H2,(H,23,25)(H,21,22,24). The first-order chi connectivity index (χ1) is 12.6. The van der Waals surface area contributed by atoms with E-state index in [2.05, 4.69) is 15.3 Å². The third kappa shape index (κ3) is 2.17. The smallest absolute Gasteiger partial charge is 0.287 e. The minimum absolute atomic E-state index is 0.0590. The molecule has 0 aromatic carbocycles. The number of fused-ring (bicyclic) bond motifs is 3. The number of hydrogen-bond donors (Lipinski definition) is 2. The zero-order valence-electron chi connectivity index (χ0n) is 14.8. The van der Waals surface area contributed by atoms with E-state index in [1.54, 1.807) is 11.3 Å². The average molecular weight is 369 g/mol. The number of amides is 1. The molecule has 0 radical (unpaired) electrons. The van der Waals surface area contributed by atoms with Crippen LogP contribution in [0, 0.1) is 17.8 Å². The highest BCUT2D eigenvalue weighted by molar-refractivity contribution is 7.18. The topological polar surface area (TPSA) is 74.8 Å². The Balaban J connectivity index is 1.33. The van der Waals surface area contributed by atoms with Crippen molar-refractivity contribution in [2.75, 3.05) is 0 Å². The highest BCUT2D eigenvalue weighted by Gasteiger charge is 2.51. The van der Waals surface area contributed by atoms with Gasteiger partial charge in [0.1, 0.15) is 4.83 Å².